The average molecular weight is 482 g/mol. The molecule has 170 valence electrons. The van der Waals surface area contributed by atoms with Crippen molar-refractivity contribution in [3.05, 3.63) is 86.9 Å². The van der Waals surface area contributed by atoms with Crippen molar-refractivity contribution in [3.8, 4) is 5.69 Å². The Morgan fingerprint density at radius 1 is 1.03 bits per heavy atom. The molecule has 0 bridgehead atoms. The standard InChI is InChI=1S/C24H24ClN5O2S/c1-17-20(25)7-4-8-21(17)29-9-10-30-22(23(29)31)26-27-24(30)33-16-19-6-3-2-5-18(19)15-28-11-13-32-14-12-28/h2-10H,11-16H2,1H3. The number of nitrogens with zero attached hydrogens (tertiary/aromatic N) is 5. The Bertz CT molecular complexity index is 1350. The third kappa shape index (κ3) is 4.56. The SMILES string of the molecule is Cc1c(Cl)cccc1-n1ccn2c(SCc3ccccc3CN3CCOCC3)nnc2c1=O. The monoisotopic (exact) mass is 481 g/mol. The molecule has 0 unspecified atom stereocenters. The van der Waals surface area contributed by atoms with Gasteiger partial charge in [0.05, 0.1) is 18.9 Å². The van der Waals surface area contributed by atoms with E-state index in [2.05, 4.69) is 39.4 Å². The Morgan fingerprint density at radius 2 is 1.82 bits per heavy atom. The van der Waals surface area contributed by atoms with Crippen molar-refractivity contribution in [2.24, 2.45) is 0 Å². The van der Waals surface area contributed by atoms with E-state index >= 15 is 0 Å². The Hall–Kier alpha value is -2.65. The van der Waals surface area contributed by atoms with Crippen LogP contribution >= 0.6 is 23.4 Å². The van der Waals surface area contributed by atoms with E-state index in [1.165, 1.54) is 11.1 Å². The third-order valence-electron chi connectivity index (χ3n) is 5.91. The van der Waals surface area contributed by atoms with Crippen molar-refractivity contribution in [1.82, 2.24) is 24.1 Å². The van der Waals surface area contributed by atoms with Crippen molar-refractivity contribution in [1.29, 1.82) is 0 Å². The number of hydrogen-bond donors (Lipinski definition) is 0. The first-order chi connectivity index (χ1) is 16.1. The van der Waals surface area contributed by atoms with Gasteiger partial charge in [0, 0.05) is 42.8 Å². The van der Waals surface area contributed by atoms with E-state index in [-0.39, 0.29) is 5.56 Å². The molecule has 2 aromatic carbocycles. The maximum Gasteiger partial charge on any atom is 0.300 e. The lowest BCUT2D eigenvalue weighted by Crippen LogP contribution is -2.35. The van der Waals surface area contributed by atoms with Gasteiger partial charge in [-0.05, 0) is 35.7 Å². The van der Waals surface area contributed by atoms with Gasteiger partial charge in [0.25, 0.3) is 0 Å². The highest BCUT2D eigenvalue weighted by Gasteiger charge is 2.16. The summed E-state index contributed by atoms with van der Waals surface area (Å²) in [5, 5.41) is 9.80. The van der Waals surface area contributed by atoms with E-state index in [9.17, 15) is 4.79 Å². The number of halogens is 1. The zero-order valence-corrected chi connectivity index (χ0v) is 19.8. The molecule has 0 spiro atoms. The number of hydrogen-bond acceptors (Lipinski definition) is 6. The second-order valence-corrected chi connectivity index (χ2v) is 9.33. The van der Waals surface area contributed by atoms with Crippen molar-refractivity contribution in [2.45, 2.75) is 24.4 Å². The molecule has 1 aliphatic rings. The molecule has 0 saturated carbocycles. The van der Waals surface area contributed by atoms with E-state index in [0.717, 1.165) is 49.9 Å². The molecule has 33 heavy (non-hydrogen) atoms. The van der Waals surface area contributed by atoms with Crippen LogP contribution in [-0.4, -0.2) is 50.4 Å². The Kier molecular flexibility index (Phi) is 6.50. The summed E-state index contributed by atoms with van der Waals surface area (Å²) in [5.74, 6) is 0.748. The predicted octanol–water partition coefficient (Wildman–Crippen LogP) is 3.97. The summed E-state index contributed by atoms with van der Waals surface area (Å²) >= 11 is 7.83. The summed E-state index contributed by atoms with van der Waals surface area (Å²) in [4.78, 5) is 15.5. The molecule has 4 aromatic rings. The molecule has 2 aromatic heterocycles. The largest absolute Gasteiger partial charge is 0.379 e. The number of rotatable bonds is 6. The Labute approximate surface area is 201 Å². The predicted molar refractivity (Wildman–Crippen MR) is 130 cm³/mol. The third-order valence-corrected chi connectivity index (χ3v) is 7.31. The van der Waals surface area contributed by atoms with E-state index in [1.54, 1.807) is 26.9 Å². The van der Waals surface area contributed by atoms with Crippen LogP contribution < -0.4 is 5.56 Å². The van der Waals surface area contributed by atoms with Crippen molar-refractivity contribution in [3.63, 3.8) is 0 Å². The molecule has 1 aliphatic heterocycles. The number of thioether (sulfide) groups is 1. The van der Waals surface area contributed by atoms with Gasteiger partial charge >= 0.3 is 5.56 Å². The number of benzene rings is 2. The molecule has 0 N–H and O–H groups in total. The topological polar surface area (TPSA) is 64.7 Å². The summed E-state index contributed by atoms with van der Waals surface area (Å²) in [6, 6.07) is 14.0. The highest BCUT2D eigenvalue weighted by molar-refractivity contribution is 7.98. The van der Waals surface area contributed by atoms with Crippen molar-refractivity contribution < 1.29 is 4.74 Å². The maximum absolute atomic E-state index is 13.1. The first-order valence-electron chi connectivity index (χ1n) is 10.8. The molecule has 0 atom stereocenters. The second kappa shape index (κ2) is 9.69. The number of ether oxygens (including phenoxy) is 1. The summed E-state index contributed by atoms with van der Waals surface area (Å²) in [5.41, 5.74) is 4.21. The minimum absolute atomic E-state index is 0.227. The molecule has 0 radical (unpaired) electrons. The lowest BCUT2D eigenvalue weighted by molar-refractivity contribution is 0.0341. The number of morpholine rings is 1. The van der Waals surface area contributed by atoms with Gasteiger partial charge in [-0.3, -0.25) is 18.7 Å². The van der Waals surface area contributed by atoms with E-state index in [4.69, 9.17) is 16.3 Å². The summed E-state index contributed by atoms with van der Waals surface area (Å²) in [7, 11) is 0. The number of aromatic nitrogens is 4. The molecule has 5 rings (SSSR count). The van der Waals surface area contributed by atoms with E-state index < -0.39 is 0 Å². The minimum Gasteiger partial charge on any atom is -0.379 e. The van der Waals surface area contributed by atoms with Gasteiger partial charge in [-0.15, -0.1) is 10.2 Å². The lowest BCUT2D eigenvalue weighted by Gasteiger charge is -2.27. The zero-order chi connectivity index (χ0) is 22.8. The van der Waals surface area contributed by atoms with Gasteiger partial charge in [-0.2, -0.15) is 0 Å². The summed E-state index contributed by atoms with van der Waals surface area (Å²) in [6.07, 6.45) is 3.58. The maximum atomic E-state index is 13.1. The zero-order valence-electron chi connectivity index (χ0n) is 18.3. The van der Waals surface area contributed by atoms with Crippen molar-refractivity contribution >= 4 is 29.0 Å². The van der Waals surface area contributed by atoms with Gasteiger partial charge in [-0.25, -0.2) is 0 Å². The Morgan fingerprint density at radius 3 is 2.64 bits per heavy atom. The average Bonchev–Trinajstić information content (AvgIpc) is 3.25. The minimum atomic E-state index is -0.227. The smallest absolute Gasteiger partial charge is 0.300 e. The van der Waals surface area contributed by atoms with Gasteiger partial charge in [-0.1, -0.05) is 53.7 Å². The van der Waals surface area contributed by atoms with E-state index in [1.807, 2.05) is 31.3 Å². The van der Waals surface area contributed by atoms with Crippen LogP contribution in [0.4, 0.5) is 0 Å². The normalized spacial score (nSPS) is 14.7. The van der Waals surface area contributed by atoms with Gasteiger partial charge in [0.1, 0.15) is 0 Å². The van der Waals surface area contributed by atoms with Crippen LogP contribution in [0, 0.1) is 6.92 Å². The van der Waals surface area contributed by atoms with Crippen LogP contribution in [-0.2, 0) is 17.0 Å². The van der Waals surface area contributed by atoms with Crippen LogP contribution in [0.3, 0.4) is 0 Å². The molecule has 7 nitrogen and oxygen atoms in total. The molecule has 9 heteroatoms. The summed E-state index contributed by atoms with van der Waals surface area (Å²) in [6.45, 7) is 6.28. The molecule has 1 fully saturated rings. The highest BCUT2D eigenvalue weighted by atomic mass is 35.5. The first-order valence-corrected chi connectivity index (χ1v) is 12.2. The Balaban J connectivity index is 1.38. The lowest BCUT2D eigenvalue weighted by atomic mass is 10.1. The number of fused-ring (bicyclic) bond motifs is 1. The first kappa shape index (κ1) is 22.2. The quantitative estimate of drug-likeness (QED) is 0.388. The van der Waals surface area contributed by atoms with E-state index in [0.29, 0.717) is 15.8 Å². The van der Waals surface area contributed by atoms with Gasteiger partial charge < -0.3 is 4.74 Å². The fourth-order valence-electron chi connectivity index (χ4n) is 4.01. The van der Waals surface area contributed by atoms with Crippen LogP contribution in [0.15, 0.2) is 64.8 Å². The van der Waals surface area contributed by atoms with Crippen LogP contribution in [0.5, 0.6) is 0 Å². The molecule has 3 heterocycles. The molecular weight excluding hydrogens is 458 g/mol. The molecular formula is C24H24ClN5O2S. The molecule has 0 amide bonds. The van der Waals surface area contributed by atoms with Gasteiger partial charge in [0.2, 0.25) is 5.65 Å². The van der Waals surface area contributed by atoms with Crippen molar-refractivity contribution in [2.75, 3.05) is 26.3 Å². The van der Waals surface area contributed by atoms with Crippen LogP contribution in [0.25, 0.3) is 11.3 Å². The van der Waals surface area contributed by atoms with Crippen LogP contribution in [0.2, 0.25) is 5.02 Å². The van der Waals surface area contributed by atoms with Gasteiger partial charge in [0.15, 0.2) is 5.16 Å². The van der Waals surface area contributed by atoms with Crippen LogP contribution in [0.1, 0.15) is 16.7 Å². The molecule has 1 saturated heterocycles. The second-order valence-electron chi connectivity index (χ2n) is 7.98. The molecule has 0 aliphatic carbocycles. The fraction of sp³-hybridized carbons (Fsp3) is 0.292. The highest BCUT2D eigenvalue weighted by Crippen LogP contribution is 2.25. The summed E-state index contributed by atoms with van der Waals surface area (Å²) < 4.78 is 8.79. The fourth-order valence-corrected chi connectivity index (χ4v) is 5.13.